The number of aromatic nitrogens is 2. The number of carbonyl (C=O) groups excluding carboxylic acids is 1. The average molecular weight is 266 g/mol. The summed E-state index contributed by atoms with van der Waals surface area (Å²) in [6, 6.07) is 1.85. The van der Waals surface area contributed by atoms with Gasteiger partial charge in [0.05, 0.1) is 16.9 Å². The smallest absolute Gasteiger partial charge is 0.233 e. The molecule has 1 fully saturated rings. The third kappa shape index (κ3) is 2.38. The Kier molecular flexibility index (Phi) is 3.65. The molecule has 0 aromatic carbocycles. The van der Waals surface area contributed by atoms with Gasteiger partial charge in [0.15, 0.2) is 0 Å². The highest BCUT2D eigenvalue weighted by molar-refractivity contribution is 7.80. The lowest BCUT2D eigenvalue weighted by atomic mass is 9.62. The zero-order valence-corrected chi connectivity index (χ0v) is 11.2. The lowest BCUT2D eigenvalue weighted by Crippen LogP contribution is -2.56. The van der Waals surface area contributed by atoms with Crippen LogP contribution in [0.3, 0.4) is 0 Å². The fraction of sp³-hybridized carbons (Fsp3) is 0.583. The van der Waals surface area contributed by atoms with Crippen LogP contribution in [0.1, 0.15) is 19.8 Å². The van der Waals surface area contributed by atoms with Crippen molar-refractivity contribution in [2.45, 2.75) is 26.3 Å². The molecule has 1 saturated carbocycles. The zero-order valence-electron chi connectivity index (χ0n) is 10.4. The van der Waals surface area contributed by atoms with E-state index in [-0.39, 0.29) is 5.91 Å². The average Bonchev–Trinajstić information content (AvgIpc) is 2.76. The summed E-state index contributed by atoms with van der Waals surface area (Å²) in [5.41, 5.74) is 5.10. The first-order valence-electron chi connectivity index (χ1n) is 6.10. The van der Waals surface area contributed by atoms with Gasteiger partial charge >= 0.3 is 0 Å². The molecule has 18 heavy (non-hydrogen) atoms. The standard InChI is InChI=1S/C12H18N4OS/c1-9-7-12(8-9,10(13)18)11(17)14-4-6-16-5-2-3-15-16/h2-3,5,9H,4,6-8H2,1H3,(H2,13,18)(H,14,17). The van der Waals surface area contributed by atoms with Crippen molar-refractivity contribution in [3.8, 4) is 0 Å². The van der Waals surface area contributed by atoms with Crippen LogP contribution in [0.15, 0.2) is 18.5 Å². The van der Waals surface area contributed by atoms with Crippen LogP contribution in [-0.2, 0) is 11.3 Å². The Hall–Kier alpha value is -1.43. The normalized spacial score (nSPS) is 26.4. The van der Waals surface area contributed by atoms with Crippen LogP contribution >= 0.6 is 12.2 Å². The minimum absolute atomic E-state index is 0.0414. The number of thiocarbonyl (C=S) groups is 1. The monoisotopic (exact) mass is 266 g/mol. The Morgan fingerprint density at radius 1 is 1.67 bits per heavy atom. The summed E-state index contributed by atoms with van der Waals surface area (Å²) in [5.74, 6) is 0.476. The van der Waals surface area contributed by atoms with Crippen molar-refractivity contribution in [3.63, 3.8) is 0 Å². The molecule has 1 aromatic rings. The van der Waals surface area contributed by atoms with Gasteiger partial charge in [0, 0.05) is 18.9 Å². The number of hydrogen-bond acceptors (Lipinski definition) is 3. The van der Waals surface area contributed by atoms with Crippen LogP contribution in [0.4, 0.5) is 0 Å². The van der Waals surface area contributed by atoms with Crippen LogP contribution in [0.25, 0.3) is 0 Å². The van der Waals surface area contributed by atoms with Crippen molar-refractivity contribution < 1.29 is 4.79 Å². The van der Waals surface area contributed by atoms with Gasteiger partial charge < -0.3 is 11.1 Å². The molecule has 6 heteroatoms. The largest absolute Gasteiger partial charge is 0.392 e. The van der Waals surface area contributed by atoms with Gasteiger partial charge in [0.25, 0.3) is 0 Å². The van der Waals surface area contributed by atoms with E-state index in [0.29, 0.717) is 24.0 Å². The summed E-state index contributed by atoms with van der Waals surface area (Å²) in [7, 11) is 0. The van der Waals surface area contributed by atoms with Crippen molar-refractivity contribution in [1.29, 1.82) is 0 Å². The van der Waals surface area contributed by atoms with E-state index in [1.165, 1.54) is 0 Å². The molecule has 0 spiro atoms. The Balaban J connectivity index is 1.85. The van der Waals surface area contributed by atoms with Gasteiger partial charge in [-0.3, -0.25) is 9.48 Å². The van der Waals surface area contributed by atoms with Crippen molar-refractivity contribution in [2.24, 2.45) is 17.1 Å². The third-order valence-corrected chi connectivity index (χ3v) is 3.88. The maximum Gasteiger partial charge on any atom is 0.233 e. The highest BCUT2D eigenvalue weighted by atomic mass is 32.1. The molecule has 1 aliphatic rings. The van der Waals surface area contributed by atoms with Gasteiger partial charge in [-0.2, -0.15) is 5.10 Å². The van der Waals surface area contributed by atoms with Gasteiger partial charge in [-0.15, -0.1) is 0 Å². The maximum atomic E-state index is 12.2. The molecule has 0 saturated heterocycles. The summed E-state index contributed by atoms with van der Waals surface area (Å²) < 4.78 is 1.77. The number of hydrogen-bond donors (Lipinski definition) is 2. The summed E-state index contributed by atoms with van der Waals surface area (Å²) in [5, 5.41) is 6.97. The van der Waals surface area contributed by atoms with Gasteiger partial charge in [0.1, 0.15) is 0 Å². The molecule has 0 unspecified atom stereocenters. The van der Waals surface area contributed by atoms with E-state index in [2.05, 4.69) is 17.3 Å². The Morgan fingerprint density at radius 2 is 2.39 bits per heavy atom. The minimum Gasteiger partial charge on any atom is -0.392 e. The molecule has 98 valence electrons. The SMILES string of the molecule is CC1CC(C(=O)NCCn2cccn2)(C(N)=S)C1. The van der Waals surface area contributed by atoms with E-state index in [4.69, 9.17) is 18.0 Å². The number of nitrogens with two attached hydrogens (primary N) is 1. The highest BCUT2D eigenvalue weighted by Crippen LogP contribution is 2.45. The molecule has 0 aliphatic heterocycles. The predicted molar refractivity (Wildman–Crippen MR) is 72.9 cm³/mol. The molecule has 1 aliphatic carbocycles. The van der Waals surface area contributed by atoms with Gasteiger partial charge in [-0.05, 0) is 24.8 Å². The third-order valence-electron chi connectivity index (χ3n) is 3.49. The van der Waals surface area contributed by atoms with E-state index < -0.39 is 5.41 Å². The molecule has 2 rings (SSSR count). The Bertz CT molecular complexity index is 437. The lowest BCUT2D eigenvalue weighted by Gasteiger charge is -2.44. The summed E-state index contributed by atoms with van der Waals surface area (Å²) >= 11 is 5.04. The first kappa shape index (κ1) is 13.0. The first-order chi connectivity index (χ1) is 8.54. The van der Waals surface area contributed by atoms with Crippen LogP contribution in [-0.4, -0.2) is 27.2 Å². The summed E-state index contributed by atoms with van der Waals surface area (Å²) in [6.07, 6.45) is 5.10. The van der Waals surface area contributed by atoms with E-state index in [1.807, 2.05) is 12.3 Å². The maximum absolute atomic E-state index is 12.2. The Morgan fingerprint density at radius 3 is 2.89 bits per heavy atom. The molecule has 0 radical (unpaired) electrons. The molecule has 1 heterocycles. The van der Waals surface area contributed by atoms with Crippen LogP contribution in [0.5, 0.6) is 0 Å². The van der Waals surface area contributed by atoms with Crippen molar-refractivity contribution in [3.05, 3.63) is 18.5 Å². The molecule has 1 amide bonds. The van der Waals surface area contributed by atoms with E-state index in [1.54, 1.807) is 10.9 Å². The molecule has 0 atom stereocenters. The second-order valence-corrected chi connectivity index (χ2v) is 5.42. The highest BCUT2D eigenvalue weighted by Gasteiger charge is 2.50. The molecule has 0 bridgehead atoms. The number of nitrogens with zero attached hydrogens (tertiary/aromatic N) is 2. The number of carbonyl (C=O) groups is 1. The number of amides is 1. The van der Waals surface area contributed by atoms with Crippen LogP contribution in [0.2, 0.25) is 0 Å². The van der Waals surface area contributed by atoms with E-state index in [9.17, 15) is 4.79 Å². The van der Waals surface area contributed by atoms with Crippen LogP contribution < -0.4 is 11.1 Å². The van der Waals surface area contributed by atoms with Crippen molar-refractivity contribution in [1.82, 2.24) is 15.1 Å². The molecule has 5 nitrogen and oxygen atoms in total. The second-order valence-electron chi connectivity index (χ2n) is 4.98. The fourth-order valence-electron chi connectivity index (χ4n) is 2.51. The minimum atomic E-state index is -0.612. The first-order valence-corrected chi connectivity index (χ1v) is 6.51. The lowest BCUT2D eigenvalue weighted by molar-refractivity contribution is -0.132. The van der Waals surface area contributed by atoms with Crippen molar-refractivity contribution in [2.75, 3.05) is 6.54 Å². The quantitative estimate of drug-likeness (QED) is 0.770. The summed E-state index contributed by atoms with van der Waals surface area (Å²) in [6.45, 7) is 3.30. The van der Waals surface area contributed by atoms with Crippen molar-refractivity contribution >= 4 is 23.1 Å². The molecule has 1 aromatic heterocycles. The van der Waals surface area contributed by atoms with Crippen LogP contribution in [0, 0.1) is 11.3 Å². The summed E-state index contributed by atoms with van der Waals surface area (Å²) in [4.78, 5) is 12.5. The zero-order chi connectivity index (χ0) is 13.2. The predicted octanol–water partition coefficient (Wildman–Crippen LogP) is 0.702. The van der Waals surface area contributed by atoms with E-state index >= 15 is 0 Å². The molecular formula is C12H18N4OS. The number of nitrogens with one attached hydrogen (secondary N) is 1. The van der Waals surface area contributed by atoms with Gasteiger partial charge in [-0.1, -0.05) is 19.1 Å². The number of rotatable bonds is 5. The van der Waals surface area contributed by atoms with E-state index in [0.717, 1.165) is 12.8 Å². The fourth-order valence-corrected chi connectivity index (χ4v) is 2.77. The molecular weight excluding hydrogens is 248 g/mol. The second kappa shape index (κ2) is 5.06. The molecule has 3 N–H and O–H groups in total. The Labute approximate surface area is 112 Å². The van der Waals surface area contributed by atoms with Gasteiger partial charge in [-0.25, -0.2) is 0 Å². The van der Waals surface area contributed by atoms with Gasteiger partial charge in [0.2, 0.25) is 5.91 Å². The topological polar surface area (TPSA) is 72.9 Å².